The van der Waals surface area contributed by atoms with Crippen LogP contribution in [0.15, 0.2) is 48.7 Å². The average molecular weight is 417 g/mol. The molecule has 0 bridgehead atoms. The molecule has 1 N–H and O–H groups in total. The number of hydrogen-bond donors (Lipinski definition) is 1. The minimum absolute atomic E-state index is 0.308. The van der Waals surface area contributed by atoms with Crippen LogP contribution >= 0.6 is 0 Å². The van der Waals surface area contributed by atoms with Crippen LogP contribution in [-0.4, -0.2) is 28.8 Å². The molecule has 158 valence electrons. The molecule has 0 atom stereocenters. The van der Waals surface area contributed by atoms with Crippen LogP contribution in [0.5, 0.6) is 0 Å². The van der Waals surface area contributed by atoms with Crippen molar-refractivity contribution in [1.82, 2.24) is 9.78 Å². The minimum Gasteiger partial charge on any atom is -0.370 e. The molecule has 31 heavy (non-hydrogen) atoms. The van der Waals surface area contributed by atoms with E-state index in [9.17, 15) is 14.4 Å². The molecule has 0 radical (unpaired) electrons. The van der Waals surface area contributed by atoms with E-state index in [1.165, 1.54) is 31.2 Å². The first-order chi connectivity index (χ1) is 15.1. The fraction of sp³-hybridized carbons (Fsp3) is 0.292. The molecule has 2 aromatic carbocycles. The van der Waals surface area contributed by atoms with Crippen LogP contribution in [0, 0.1) is 24.1 Å². The third kappa shape index (κ3) is 4.43. The smallest absolute Gasteiger partial charge is 0.259 e. The maximum Gasteiger partial charge on any atom is 0.259 e. The van der Waals surface area contributed by atoms with Crippen LogP contribution in [0.3, 0.4) is 0 Å². The SMILES string of the molecule is Cc1c(C(=O)Nc2ccc(N3CCCCCC3)c(C#N)c2)cnn1-c1ccc(F)cc1. The molecule has 1 aliphatic heterocycles. The molecule has 3 aromatic rings. The molecule has 1 saturated heterocycles. The summed E-state index contributed by atoms with van der Waals surface area (Å²) < 4.78 is 14.8. The van der Waals surface area contributed by atoms with Gasteiger partial charge in [-0.3, -0.25) is 4.79 Å². The van der Waals surface area contributed by atoms with Crippen molar-refractivity contribution < 1.29 is 9.18 Å². The number of carbonyl (C=O) groups excluding carboxylic acids is 1. The number of halogens is 1. The van der Waals surface area contributed by atoms with Gasteiger partial charge in [-0.25, -0.2) is 9.07 Å². The minimum atomic E-state index is -0.330. The Morgan fingerprint density at radius 3 is 2.48 bits per heavy atom. The van der Waals surface area contributed by atoms with Crippen LogP contribution in [0.25, 0.3) is 5.69 Å². The summed E-state index contributed by atoms with van der Waals surface area (Å²) in [4.78, 5) is 15.1. The van der Waals surface area contributed by atoms with E-state index >= 15 is 0 Å². The number of nitrogens with zero attached hydrogens (tertiary/aromatic N) is 4. The number of aromatic nitrogens is 2. The van der Waals surface area contributed by atoms with Crippen LogP contribution < -0.4 is 10.2 Å². The fourth-order valence-corrected chi connectivity index (χ4v) is 3.96. The predicted octanol–water partition coefficient (Wildman–Crippen LogP) is 4.82. The van der Waals surface area contributed by atoms with E-state index in [1.807, 2.05) is 12.1 Å². The Bertz CT molecular complexity index is 1120. The van der Waals surface area contributed by atoms with Gasteiger partial charge in [0.05, 0.1) is 34.4 Å². The summed E-state index contributed by atoms with van der Waals surface area (Å²) >= 11 is 0. The summed E-state index contributed by atoms with van der Waals surface area (Å²) in [6.45, 7) is 3.68. The van der Waals surface area contributed by atoms with Crippen LogP contribution in [0.1, 0.15) is 47.3 Å². The topological polar surface area (TPSA) is 74.0 Å². The molecule has 2 heterocycles. The van der Waals surface area contributed by atoms with Crippen molar-refractivity contribution in [3.05, 3.63) is 71.3 Å². The Hall–Kier alpha value is -3.66. The number of anilines is 2. The number of nitriles is 1. The predicted molar refractivity (Wildman–Crippen MR) is 118 cm³/mol. The second kappa shape index (κ2) is 9.00. The first-order valence-corrected chi connectivity index (χ1v) is 10.5. The Balaban J connectivity index is 1.53. The number of carbonyl (C=O) groups is 1. The number of benzene rings is 2. The highest BCUT2D eigenvalue weighted by molar-refractivity contribution is 6.05. The van der Waals surface area contributed by atoms with E-state index in [2.05, 4.69) is 21.4 Å². The molecule has 1 aliphatic rings. The van der Waals surface area contributed by atoms with Crippen molar-refractivity contribution in [3.63, 3.8) is 0 Å². The molecule has 1 fully saturated rings. The summed E-state index contributed by atoms with van der Waals surface area (Å²) in [5, 5.41) is 16.8. The normalized spacial score (nSPS) is 14.0. The zero-order valence-electron chi connectivity index (χ0n) is 17.4. The Morgan fingerprint density at radius 1 is 1.10 bits per heavy atom. The highest BCUT2D eigenvalue weighted by Gasteiger charge is 2.18. The molecule has 6 nitrogen and oxygen atoms in total. The zero-order valence-corrected chi connectivity index (χ0v) is 17.4. The van der Waals surface area contributed by atoms with Gasteiger partial charge >= 0.3 is 0 Å². The van der Waals surface area contributed by atoms with Gasteiger partial charge in [-0.1, -0.05) is 12.8 Å². The van der Waals surface area contributed by atoms with Gasteiger partial charge in [0.2, 0.25) is 0 Å². The molecule has 0 saturated carbocycles. The van der Waals surface area contributed by atoms with Gasteiger partial charge in [0.15, 0.2) is 0 Å². The van der Waals surface area contributed by atoms with E-state index < -0.39 is 0 Å². The number of hydrogen-bond acceptors (Lipinski definition) is 4. The third-order valence-corrected chi connectivity index (χ3v) is 5.65. The molecule has 1 aromatic heterocycles. The molecular weight excluding hydrogens is 393 g/mol. The number of amides is 1. The second-order valence-electron chi connectivity index (χ2n) is 7.73. The lowest BCUT2D eigenvalue weighted by Gasteiger charge is -2.24. The van der Waals surface area contributed by atoms with Crippen LogP contribution in [-0.2, 0) is 0 Å². The largest absolute Gasteiger partial charge is 0.370 e. The monoisotopic (exact) mass is 417 g/mol. The van der Waals surface area contributed by atoms with E-state index in [1.54, 1.807) is 29.8 Å². The highest BCUT2D eigenvalue weighted by Crippen LogP contribution is 2.27. The fourth-order valence-electron chi connectivity index (χ4n) is 3.96. The lowest BCUT2D eigenvalue weighted by molar-refractivity contribution is 0.102. The van der Waals surface area contributed by atoms with E-state index in [0.29, 0.717) is 28.2 Å². The van der Waals surface area contributed by atoms with Crippen LogP contribution in [0.4, 0.5) is 15.8 Å². The quantitative estimate of drug-likeness (QED) is 0.660. The Morgan fingerprint density at radius 2 is 1.81 bits per heavy atom. The van der Waals surface area contributed by atoms with Crippen molar-refractivity contribution in [1.29, 1.82) is 5.26 Å². The maximum atomic E-state index is 13.2. The first kappa shape index (κ1) is 20.6. The molecule has 4 rings (SSSR count). The molecule has 0 spiro atoms. The van der Waals surface area contributed by atoms with Gasteiger partial charge in [0.1, 0.15) is 11.9 Å². The molecule has 0 unspecified atom stereocenters. The number of rotatable bonds is 4. The Labute approximate surface area is 180 Å². The second-order valence-corrected chi connectivity index (χ2v) is 7.73. The van der Waals surface area contributed by atoms with Crippen molar-refractivity contribution in [2.45, 2.75) is 32.6 Å². The molecular formula is C24H24FN5O. The summed E-state index contributed by atoms with van der Waals surface area (Å²) in [7, 11) is 0. The van der Waals surface area contributed by atoms with Crippen molar-refractivity contribution in [2.75, 3.05) is 23.3 Å². The maximum absolute atomic E-state index is 13.2. The van der Waals surface area contributed by atoms with Crippen molar-refractivity contribution in [3.8, 4) is 11.8 Å². The van der Waals surface area contributed by atoms with Gasteiger partial charge in [0, 0.05) is 18.8 Å². The van der Waals surface area contributed by atoms with Crippen LogP contribution in [0.2, 0.25) is 0 Å². The highest BCUT2D eigenvalue weighted by atomic mass is 19.1. The number of nitrogens with one attached hydrogen (secondary N) is 1. The lowest BCUT2D eigenvalue weighted by atomic mass is 10.1. The zero-order chi connectivity index (χ0) is 21.8. The van der Waals surface area contributed by atoms with Gasteiger partial charge < -0.3 is 10.2 Å². The Kier molecular flexibility index (Phi) is 5.99. The summed E-state index contributed by atoms with van der Waals surface area (Å²) in [5.41, 5.74) is 3.77. The van der Waals surface area contributed by atoms with Gasteiger partial charge in [-0.15, -0.1) is 0 Å². The average Bonchev–Trinajstić information content (AvgIpc) is 2.98. The summed E-state index contributed by atoms with van der Waals surface area (Å²) in [6, 6.07) is 13.7. The van der Waals surface area contributed by atoms with E-state index in [4.69, 9.17) is 0 Å². The standard InChI is InChI=1S/C24H24FN5O/c1-17-22(16-27-30(17)21-9-6-19(25)7-10-21)24(31)28-20-8-11-23(18(14-20)15-26)29-12-4-2-3-5-13-29/h6-11,14,16H,2-5,12-13H2,1H3,(H,28,31). The summed E-state index contributed by atoms with van der Waals surface area (Å²) in [6.07, 6.45) is 6.18. The lowest BCUT2D eigenvalue weighted by Crippen LogP contribution is -2.24. The van der Waals surface area contributed by atoms with Gasteiger partial charge in [-0.05, 0) is 62.2 Å². The molecule has 7 heteroatoms. The third-order valence-electron chi connectivity index (χ3n) is 5.65. The molecule has 1 amide bonds. The van der Waals surface area contributed by atoms with Gasteiger partial charge in [0.25, 0.3) is 5.91 Å². The van der Waals surface area contributed by atoms with E-state index in [0.717, 1.165) is 31.6 Å². The van der Waals surface area contributed by atoms with Crippen molar-refractivity contribution in [2.24, 2.45) is 0 Å². The van der Waals surface area contributed by atoms with Gasteiger partial charge in [-0.2, -0.15) is 10.4 Å². The first-order valence-electron chi connectivity index (χ1n) is 10.5. The molecule has 0 aliphatic carbocycles. The summed E-state index contributed by atoms with van der Waals surface area (Å²) in [5.74, 6) is -0.638. The van der Waals surface area contributed by atoms with Crippen molar-refractivity contribution >= 4 is 17.3 Å². The van der Waals surface area contributed by atoms with E-state index in [-0.39, 0.29) is 11.7 Å².